The Morgan fingerprint density at radius 2 is 1.78 bits per heavy atom. The Labute approximate surface area is 108 Å². The summed E-state index contributed by atoms with van der Waals surface area (Å²) in [5.41, 5.74) is 7.32. The highest BCUT2D eigenvalue weighted by Gasteiger charge is 2.32. The molecular weight excluding hydrogens is 224 g/mol. The quantitative estimate of drug-likeness (QED) is 0.885. The van der Waals surface area contributed by atoms with Crippen molar-refractivity contribution in [2.45, 2.75) is 37.6 Å². The number of hydrogen-bond donors (Lipinski definition) is 1. The number of carbonyl (C=O) groups excluding carboxylic acids is 1. The van der Waals surface area contributed by atoms with Crippen LogP contribution in [0.15, 0.2) is 24.3 Å². The molecule has 3 heteroatoms. The predicted molar refractivity (Wildman–Crippen MR) is 71.5 cm³/mol. The lowest BCUT2D eigenvalue weighted by Crippen LogP contribution is -2.35. The SMILES string of the molecule is NC(=O)c1ccccc1C1CCN(C2CC2)CC1. The summed E-state index contributed by atoms with van der Waals surface area (Å²) in [7, 11) is 0. The zero-order valence-corrected chi connectivity index (χ0v) is 10.6. The van der Waals surface area contributed by atoms with Gasteiger partial charge >= 0.3 is 0 Å². The molecule has 2 aliphatic rings. The van der Waals surface area contributed by atoms with Crippen LogP contribution in [0.25, 0.3) is 0 Å². The van der Waals surface area contributed by atoms with Gasteiger partial charge in [-0.25, -0.2) is 0 Å². The summed E-state index contributed by atoms with van der Waals surface area (Å²) >= 11 is 0. The van der Waals surface area contributed by atoms with Gasteiger partial charge in [-0.3, -0.25) is 4.79 Å². The highest BCUT2D eigenvalue weighted by molar-refractivity contribution is 5.94. The van der Waals surface area contributed by atoms with Crippen LogP contribution < -0.4 is 5.73 Å². The van der Waals surface area contributed by atoms with Crippen molar-refractivity contribution in [3.05, 3.63) is 35.4 Å². The number of rotatable bonds is 3. The minimum Gasteiger partial charge on any atom is -0.366 e. The van der Waals surface area contributed by atoms with Gasteiger partial charge in [0.1, 0.15) is 0 Å². The Hall–Kier alpha value is -1.35. The van der Waals surface area contributed by atoms with Gasteiger partial charge in [0, 0.05) is 11.6 Å². The van der Waals surface area contributed by atoms with E-state index in [0.717, 1.165) is 24.4 Å². The summed E-state index contributed by atoms with van der Waals surface area (Å²) in [5.74, 6) is 0.207. The zero-order chi connectivity index (χ0) is 12.5. The summed E-state index contributed by atoms with van der Waals surface area (Å²) in [5, 5.41) is 0. The molecular formula is C15H20N2O. The smallest absolute Gasteiger partial charge is 0.248 e. The van der Waals surface area contributed by atoms with Gasteiger partial charge in [-0.1, -0.05) is 18.2 Å². The van der Waals surface area contributed by atoms with Gasteiger partial charge in [-0.15, -0.1) is 0 Å². The van der Waals surface area contributed by atoms with Crippen LogP contribution in [0.2, 0.25) is 0 Å². The monoisotopic (exact) mass is 244 g/mol. The Balaban J connectivity index is 1.73. The van der Waals surface area contributed by atoms with Gasteiger partial charge in [0.05, 0.1) is 0 Å². The van der Waals surface area contributed by atoms with E-state index in [4.69, 9.17) is 5.73 Å². The van der Waals surface area contributed by atoms with Crippen molar-refractivity contribution in [1.29, 1.82) is 0 Å². The number of primary amides is 1. The lowest BCUT2D eigenvalue weighted by atomic mass is 9.86. The first kappa shape index (κ1) is 11.7. The highest BCUT2D eigenvalue weighted by Crippen LogP contribution is 2.35. The lowest BCUT2D eigenvalue weighted by molar-refractivity contribution is 0.0998. The van der Waals surface area contributed by atoms with E-state index in [1.54, 1.807) is 0 Å². The average Bonchev–Trinajstić information content (AvgIpc) is 3.23. The number of nitrogens with two attached hydrogens (primary N) is 1. The first-order valence-corrected chi connectivity index (χ1v) is 6.88. The zero-order valence-electron chi connectivity index (χ0n) is 10.6. The maximum absolute atomic E-state index is 11.5. The van der Waals surface area contributed by atoms with Crippen LogP contribution in [0.5, 0.6) is 0 Å². The molecule has 1 aromatic rings. The van der Waals surface area contributed by atoms with E-state index in [9.17, 15) is 4.79 Å². The van der Waals surface area contributed by atoms with Crippen molar-refractivity contribution in [3.8, 4) is 0 Å². The van der Waals surface area contributed by atoms with Gasteiger partial charge in [0.15, 0.2) is 0 Å². The van der Waals surface area contributed by atoms with Gasteiger partial charge in [0.2, 0.25) is 5.91 Å². The third-order valence-corrected chi connectivity index (χ3v) is 4.26. The summed E-state index contributed by atoms with van der Waals surface area (Å²) < 4.78 is 0. The number of nitrogens with zero attached hydrogens (tertiary/aromatic N) is 1. The van der Waals surface area contributed by atoms with Gasteiger partial charge in [-0.2, -0.15) is 0 Å². The molecule has 1 amide bonds. The second-order valence-corrected chi connectivity index (χ2v) is 5.49. The number of amides is 1. The molecule has 0 radical (unpaired) electrons. The molecule has 2 fully saturated rings. The number of piperidine rings is 1. The first-order valence-electron chi connectivity index (χ1n) is 6.88. The molecule has 1 saturated carbocycles. The fraction of sp³-hybridized carbons (Fsp3) is 0.533. The molecule has 96 valence electrons. The molecule has 1 aliphatic heterocycles. The van der Waals surface area contributed by atoms with Crippen molar-refractivity contribution in [1.82, 2.24) is 4.90 Å². The third-order valence-electron chi connectivity index (χ3n) is 4.26. The van der Waals surface area contributed by atoms with Crippen molar-refractivity contribution < 1.29 is 4.79 Å². The number of benzene rings is 1. The second kappa shape index (κ2) is 4.73. The van der Waals surface area contributed by atoms with Crippen molar-refractivity contribution in [3.63, 3.8) is 0 Å². The Kier molecular flexibility index (Phi) is 3.08. The number of likely N-dealkylation sites (tertiary alicyclic amines) is 1. The van der Waals surface area contributed by atoms with Crippen LogP contribution in [0.4, 0.5) is 0 Å². The third kappa shape index (κ3) is 2.27. The topological polar surface area (TPSA) is 46.3 Å². The van der Waals surface area contributed by atoms with Gasteiger partial charge in [-0.05, 0) is 56.3 Å². The lowest BCUT2D eigenvalue weighted by Gasteiger charge is -2.32. The van der Waals surface area contributed by atoms with Crippen molar-refractivity contribution in [2.24, 2.45) is 5.73 Å². The van der Waals surface area contributed by atoms with E-state index in [1.807, 2.05) is 18.2 Å². The normalized spacial score (nSPS) is 22.0. The molecule has 1 aromatic carbocycles. The van der Waals surface area contributed by atoms with E-state index < -0.39 is 0 Å². The second-order valence-electron chi connectivity index (χ2n) is 5.49. The maximum Gasteiger partial charge on any atom is 0.248 e. The van der Waals surface area contributed by atoms with E-state index in [2.05, 4.69) is 11.0 Å². The molecule has 2 N–H and O–H groups in total. The fourth-order valence-electron chi connectivity index (χ4n) is 3.09. The van der Waals surface area contributed by atoms with Crippen LogP contribution in [0, 0.1) is 0 Å². The molecule has 0 atom stereocenters. The van der Waals surface area contributed by atoms with Crippen LogP contribution >= 0.6 is 0 Å². The summed E-state index contributed by atoms with van der Waals surface area (Å²) in [6.07, 6.45) is 5.06. The van der Waals surface area contributed by atoms with Crippen LogP contribution in [-0.2, 0) is 0 Å². The molecule has 0 bridgehead atoms. The molecule has 3 rings (SSSR count). The molecule has 3 nitrogen and oxygen atoms in total. The van der Waals surface area contributed by atoms with E-state index in [1.165, 1.54) is 25.9 Å². The Bertz CT molecular complexity index is 446. The predicted octanol–water partition coefficient (Wildman–Crippen LogP) is 2.13. The Morgan fingerprint density at radius 1 is 1.11 bits per heavy atom. The minimum atomic E-state index is -0.296. The summed E-state index contributed by atoms with van der Waals surface area (Å²) in [4.78, 5) is 14.1. The van der Waals surface area contributed by atoms with Gasteiger partial charge in [0.25, 0.3) is 0 Å². The summed E-state index contributed by atoms with van der Waals surface area (Å²) in [6.45, 7) is 2.34. The highest BCUT2D eigenvalue weighted by atomic mass is 16.1. The van der Waals surface area contributed by atoms with Crippen LogP contribution in [0.3, 0.4) is 0 Å². The molecule has 18 heavy (non-hydrogen) atoms. The van der Waals surface area contributed by atoms with Crippen LogP contribution in [-0.4, -0.2) is 29.9 Å². The van der Waals surface area contributed by atoms with E-state index in [0.29, 0.717) is 11.5 Å². The van der Waals surface area contributed by atoms with Gasteiger partial charge < -0.3 is 10.6 Å². The van der Waals surface area contributed by atoms with Crippen molar-refractivity contribution in [2.75, 3.05) is 13.1 Å². The minimum absolute atomic E-state index is 0.296. The maximum atomic E-state index is 11.5. The number of hydrogen-bond acceptors (Lipinski definition) is 2. The molecule has 0 spiro atoms. The first-order chi connectivity index (χ1) is 8.75. The average molecular weight is 244 g/mol. The van der Waals surface area contributed by atoms with Crippen LogP contribution in [0.1, 0.15) is 47.5 Å². The molecule has 1 saturated heterocycles. The number of carbonyl (C=O) groups is 1. The molecule has 0 unspecified atom stereocenters. The summed E-state index contributed by atoms with van der Waals surface area (Å²) in [6, 6.07) is 8.68. The molecule has 1 heterocycles. The fourth-order valence-corrected chi connectivity index (χ4v) is 3.09. The molecule has 1 aliphatic carbocycles. The Morgan fingerprint density at radius 3 is 2.39 bits per heavy atom. The van der Waals surface area contributed by atoms with E-state index in [-0.39, 0.29) is 5.91 Å². The largest absolute Gasteiger partial charge is 0.366 e. The molecule has 0 aromatic heterocycles. The standard InChI is InChI=1S/C15H20N2O/c16-15(18)14-4-2-1-3-13(14)11-7-9-17(10-8-11)12-5-6-12/h1-4,11-12H,5-10H2,(H2,16,18). The van der Waals surface area contributed by atoms with E-state index >= 15 is 0 Å². The van der Waals surface area contributed by atoms with Crippen molar-refractivity contribution >= 4 is 5.91 Å².